The van der Waals surface area contributed by atoms with Gasteiger partial charge in [0.15, 0.2) is 0 Å². The fraction of sp³-hybridized carbons (Fsp3) is 0.625. The number of hydrogen-bond donors (Lipinski definition) is 1. The van der Waals surface area contributed by atoms with E-state index in [0.29, 0.717) is 5.41 Å². The summed E-state index contributed by atoms with van der Waals surface area (Å²) in [6.45, 7) is 13.0. The van der Waals surface area contributed by atoms with Crippen molar-refractivity contribution >= 4 is 0 Å². The molecule has 0 heterocycles. The lowest BCUT2D eigenvalue weighted by Crippen LogP contribution is -2.22. The number of allylic oxidation sites excluding steroid dienone is 5. The Morgan fingerprint density at radius 3 is 2.53 bits per heavy atom. The second-order valence-corrected chi connectivity index (χ2v) is 4.46. The van der Waals surface area contributed by atoms with Gasteiger partial charge in [0.2, 0.25) is 0 Å². The number of nitrogens with two attached hydrogens (primary N) is 1. The fourth-order valence-corrected chi connectivity index (χ4v) is 2.71. The summed E-state index contributed by atoms with van der Waals surface area (Å²) < 4.78 is 0. The maximum absolute atomic E-state index is 5.74. The Balaban J connectivity index is 0.00000121. The SMILES string of the molecule is C=C/C=C\C1=C(C)CCC1(CC)CCN.CC. The van der Waals surface area contributed by atoms with Gasteiger partial charge in [0.05, 0.1) is 0 Å². The first-order valence-corrected chi connectivity index (χ1v) is 6.89. The second kappa shape index (κ2) is 8.30. The molecule has 0 spiro atoms. The van der Waals surface area contributed by atoms with Gasteiger partial charge in [-0.2, -0.15) is 0 Å². The van der Waals surface area contributed by atoms with E-state index >= 15 is 0 Å². The van der Waals surface area contributed by atoms with Crippen LogP contribution in [0.5, 0.6) is 0 Å². The monoisotopic (exact) mass is 235 g/mol. The van der Waals surface area contributed by atoms with Gasteiger partial charge in [-0.3, -0.25) is 0 Å². The summed E-state index contributed by atoms with van der Waals surface area (Å²) in [6, 6.07) is 0. The highest BCUT2D eigenvalue weighted by Gasteiger charge is 2.35. The molecule has 1 aliphatic rings. The lowest BCUT2D eigenvalue weighted by molar-refractivity contribution is 0.322. The van der Waals surface area contributed by atoms with E-state index in [1.165, 1.54) is 30.4 Å². The smallest absolute Gasteiger partial charge is 0.00351 e. The van der Waals surface area contributed by atoms with Crippen molar-refractivity contribution in [1.29, 1.82) is 0 Å². The van der Waals surface area contributed by atoms with Crippen molar-refractivity contribution < 1.29 is 0 Å². The molecule has 2 N–H and O–H groups in total. The molecule has 1 heteroatoms. The average molecular weight is 235 g/mol. The van der Waals surface area contributed by atoms with Crippen LogP contribution in [-0.4, -0.2) is 6.54 Å². The first kappa shape index (κ1) is 16.2. The number of rotatable bonds is 5. The zero-order valence-electron chi connectivity index (χ0n) is 12.1. The van der Waals surface area contributed by atoms with Crippen molar-refractivity contribution in [3.63, 3.8) is 0 Å². The van der Waals surface area contributed by atoms with E-state index in [-0.39, 0.29) is 0 Å². The molecule has 0 bridgehead atoms. The predicted octanol–water partition coefficient (Wildman–Crippen LogP) is 4.61. The minimum Gasteiger partial charge on any atom is -0.330 e. The molecule has 1 unspecified atom stereocenters. The van der Waals surface area contributed by atoms with Gasteiger partial charge in [0.1, 0.15) is 0 Å². The third-order valence-electron chi connectivity index (χ3n) is 3.71. The quantitative estimate of drug-likeness (QED) is 0.692. The van der Waals surface area contributed by atoms with Gasteiger partial charge >= 0.3 is 0 Å². The highest BCUT2D eigenvalue weighted by atomic mass is 14.6. The van der Waals surface area contributed by atoms with Crippen LogP contribution in [0.1, 0.15) is 53.4 Å². The topological polar surface area (TPSA) is 26.0 Å². The Morgan fingerprint density at radius 2 is 2.06 bits per heavy atom. The Kier molecular flexibility index (Phi) is 7.90. The number of hydrogen-bond acceptors (Lipinski definition) is 1. The Labute approximate surface area is 107 Å². The molecule has 17 heavy (non-hydrogen) atoms. The van der Waals surface area contributed by atoms with Crippen LogP contribution in [-0.2, 0) is 0 Å². The van der Waals surface area contributed by atoms with Crippen molar-refractivity contribution in [3.8, 4) is 0 Å². The van der Waals surface area contributed by atoms with E-state index in [1.807, 2.05) is 26.0 Å². The first-order valence-electron chi connectivity index (χ1n) is 6.89. The van der Waals surface area contributed by atoms with E-state index in [4.69, 9.17) is 5.73 Å². The third kappa shape index (κ3) is 3.85. The van der Waals surface area contributed by atoms with Crippen LogP contribution in [0, 0.1) is 5.41 Å². The largest absolute Gasteiger partial charge is 0.330 e. The Morgan fingerprint density at radius 1 is 1.41 bits per heavy atom. The molecule has 0 aliphatic heterocycles. The fourth-order valence-electron chi connectivity index (χ4n) is 2.71. The molecule has 1 aliphatic carbocycles. The van der Waals surface area contributed by atoms with E-state index < -0.39 is 0 Å². The van der Waals surface area contributed by atoms with Crippen molar-refractivity contribution in [2.75, 3.05) is 6.54 Å². The highest BCUT2D eigenvalue weighted by molar-refractivity contribution is 5.37. The van der Waals surface area contributed by atoms with Gasteiger partial charge in [0.25, 0.3) is 0 Å². The molecule has 0 amide bonds. The third-order valence-corrected chi connectivity index (χ3v) is 3.71. The highest BCUT2D eigenvalue weighted by Crippen LogP contribution is 2.48. The van der Waals surface area contributed by atoms with Gasteiger partial charge in [-0.25, -0.2) is 0 Å². The van der Waals surface area contributed by atoms with E-state index in [0.717, 1.165) is 13.0 Å². The summed E-state index contributed by atoms with van der Waals surface area (Å²) in [5.41, 5.74) is 9.12. The molecule has 1 rings (SSSR count). The Bertz CT molecular complexity index is 286. The van der Waals surface area contributed by atoms with Crippen LogP contribution in [0.25, 0.3) is 0 Å². The zero-order chi connectivity index (χ0) is 13.3. The summed E-state index contributed by atoms with van der Waals surface area (Å²) in [4.78, 5) is 0. The lowest BCUT2D eigenvalue weighted by atomic mass is 9.75. The van der Waals surface area contributed by atoms with Gasteiger partial charge in [-0.1, -0.05) is 51.2 Å². The minimum absolute atomic E-state index is 0.346. The molecule has 0 saturated carbocycles. The van der Waals surface area contributed by atoms with E-state index in [1.54, 1.807) is 0 Å². The predicted molar refractivity (Wildman–Crippen MR) is 79.0 cm³/mol. The summed E-state index contributed by atoms with van der Waals surface area (Å²) >= 11 is 0. The second-order valence-electron chi connectivity index (χ2n) is 4.46. The molecule has 0 fully saturated rings. The molecule has 0 aromatic heterocycles. The summed E-state index contributed by atoms with van der Waals surface area (Å²) in [5, 5.41) is 0. The van der Waals surface area contributed by atoms with Crippen LogP contribution in [0.3, 0.4) is 0 Å². The normalized spacial score (nSPS) is 23.8. The molecule has 0 saturated heterocycles. The average Bonchev–Trinajstić information content (AvgIpc) is 2.68. The maximum atomic E-state index is 5.74. The van der Waals surface area contributed by atoms with Crippen molar-refractivity contribution in [3.05, 3.63) is 36.0 Å². The Hall–Kier alpha value is -0.820. The lowest BCUT2D eigenvalue weighted by Gasteiger charge is -2.30. The van der Waals surface area contributed by atoms with Crippen molar-refractivity contribution in [2.45, 2.75) is 53.4 Å². The molecule has 1 nitrogen and oxygen atoms in total. The van der Waals surface area contributed by atoms with Gasteiger partial charge < -0.3 is 5.73 Å². The summed E-state index contributed by atoms with van der Waals surface area (Å²) in [5.74, 6) is 0. The zero-order valence-corrected chi connectivity index (χ0v) is 12.1. The molecule has 0 radical (unpaired) electrons. The van der Waals surface area contributed by atoms with Crippen molar-refractivity contribution in [2.24, 2.45) is 11.1 Å². The summed E-state index contributed by atoms with van der Waals surface area (Å²) in [7, 11) is 0. The minimum atomic E-state index is 0.346. The van der Waals surface area contributed by atoms with Crippen LogP contribution < -0.4 is 5.73 Å². The summed E-state index contributed by atoms with van der Waals surface area (Å²) in [6.07, 6.45) is 10.9. The van der Waals surface area contributed by atoms with E-state index in [2.05, 4.69) is 26.5 Å². The first-order chi connectivity index (χ1) is 8.20. The van der Waals surface area contributed by atoms with Crippen LogP contribution >= 0.6 is 0 Å². The van der Waals surface area contributed by atoms with Gasteiger partial charge in [-0.05, 0) is 50.1 Å². The van der Waals surface area contributed by atoms with Crippen LogP contribution in [0.15, 0.2) is 36.0 Å². The standard InChI is InChI=1S/C14H23N.C2H6/c1-4-6-7-13-12(3)8-9-14(13,5-2)10-11-15;1-2/h4,6-7H,1,5,8-11,15H2,2-3H3;1-2H3/b7-6-;. The van der Waals surface area contributed by atoms with Gasteiger partial charge in [0, 0.05) is 0 Å². The van der Waals surface area contributed by atoms with E-state index in [9.17, 15) is 0 Å². The molecule has 1 atom stereocenters. The maximum Gasteiger partial charge on any atom is -0.00351 e. The van der Waals surface area contributed by atoms with Crippen LogP contribution in [0.2, 0.25) is 0 Å². The van der Waals surface area contributed by atoms with Crippen molar-refractivity contribution in [1.82, 2.24) is 0 Å². The molecule has 0 aromatic carbocycles. The molecule has 98 valence electrons. The van der Waals surface area contributed by atoms with Crippen LogP contribution in [0.4, 0.5) is 0 Å². The molecular formula is C16H29N. The molecular weight excluding hydrogens is 206 g/mol. The van der Waals surface area contributed by atoms with Gasteiger partial charge in [-0.15, -0.1) is 0 Å². The molecule has 0 aromatic rings.